The Morgan fingerprint density at radius 2 is 2.14 bits per heavy atom. The van der Waals surface area contributed by atoms with Gasteiger partial charge in [0.1, 0.15) is 0 Å². The lowest BCUT2D eigenvalue weighted by molar-refractivity contribution is -0.384. The first kappa shape index (κ1) is 19.4. The van der Waals surface area contributed by atoms with Crippen LogP contribution in [0.2, 0.25) is 5.02 Å². The normalized spacial score (nSPS) is 13.2. The first-order chi connectivity index (χ1) is 14.0. The molecule has 1 aromatic heterocycles. The Morgan fingerprint density at radius 3 is 2.93 bits per heavy atom. The molecule has 8 nitrogen and oxygen atoms in total. The lowest BCUT2D eigenvalue weighted by atomic mass is 10.0. The zero-order valence-electron chi connectivity index (χ0n) is 15.1. The van der Waals surface area contributed by atoms with Crippen LogP contribution in [0.5, 0.6) is 0 Å². The predicted molar refractivity (Wildman–Crippen MR) is 109 cm³/mol. The van der Waals surface area contributed by atoms with E-state index < -0.39 is 4.92 Å². The molecule has 0 spiro atoms. The number of carbonyl (C=O) groups excluding carboxylic acids is 1. The smallest absolute Gasteiger partial charge is 0.277 e. The molecule has 0 radical (unpaired) electrons. The van der Waals surface area contributed by atoms with Crippen LogP contribution in [0.15, 0.2) is 52.1 Å². The molecule has 29 heavy (non-hydrogen) atoms. The number of aromatic nitrogens is 2. The highest BCUT2D eigenvalue weighted by Crippen LogP contribution is 2.32. The molecule has 0 N–H and O–H groups in total. The monoisotopic (exact) mass is 430 g/mol. The highest BCUT2D eigenvalue weighted by molar-refractivity contribution is 7.99. The first-order valence-corrected chi connectivity index (χ1v) is 10.2. The number of non-ortho nitro benzene ring substituents is 1. The van der Waals surface area contributed by atoms with Gasteiger partial charge < -0.3 is 9.32 Å². The minimum absolute atomic E-state index is 0.0341. The summed E-state index contributed by atoms with van der Waals surface area (Å²) < 4.78 is 5.61. The van der Waals surface area contributed by atoms with Crippen molar-refractivity contribution in [2.45, 2.75) is 18.1 Å². The Kier molecular flexibility index (Phi) is 5.50. The standard InChI is InChI=1S/C19H15ClN4O4S/c20-14-5-1-3-13(9-14)18-21-22-19(28-18)29-11-17(25)23-8-2-4-12-10-15(24(26)27)6-7-16(12)23/h1,3,5-7,9-10H,2,4,8,11H2. The maximum atomic E-state index is 12.7. The van der Waals surface area contributed by atoms with Crippen LogP contribution in [0.3, 0.4) is 0 Å². The van der Waals surface area contributed by atoms with E-state index in [9.17, 15) is 14.9 Å². The third-order valence-electron chi connectivity index (χ3n) is 4.49. The summed E-state index contributed by atoms with van der Waals surface area (Å²) in [6.07, 6.45) is 1.46. The van der Waals surface area contributed by atoms with E-state index in [1.54, 1.807) is 29.2 Å². The van der Waals surface area contributed by atoms with E-state index in [0.717, 1.165) is 29.4 Å². The van der Waals surface area contributed by atoms with Crippen LogP contribution in [-0.4, -0.2) is 33.3 Å². The maximum absolute atomic E-state index is 12.7. The Hall–Kier alpha value is -2.91. The molecule has 0 saturated heterocycles. The van der Waals surface area contributed by atoms with Gasteiger partial charge in [0.05, 0.1) is 10.7 Å². The molecule has 1 aliphatic rings. The van der Waals surface area contributed by atoms with Crippen molar-refractivity contribution in [3.8, 4) is 11.5 Å². The van der Waals surface area contributed by atoms with E-state index in [2.05, 4.69) is 10.2 Å². The number of carbonyl (C=O) groups is 1. The zero-order chi connectivity index (χ0) is 20.4. The van der Waals surface area contributed by atoms with E-state index >= 15 is 0 Å². The minimum atomic E-state index is -0.427. The van der Waals surface area contributed by atoms with Gasteiger partial charge in [0.25, 0.3) is 10.9 Å². The summed E-state index contributed by atoms with van der Waals surface area (Å²) in [5.41, 5.74) is 2.27. The number of nitro groups is 1. The Bertz CT molecular complexity index is 1090. The number of fused-ring (bicyclic) bond motifs is 1. The second kappa shape index (κ2) is 8.22. The summed E-state index contributed by atoms with van der Waals surface area (Å²) in [6.45, 7) is 0.571. The van der Waals surface area contributed by atoms with E-state index in [1.165, 1.54) is 12.1 Å². The fourth-order valence-electron chi connectivity index (χ4n) is 3.16. The van der Waals surface area contributed by atoms with Gasteiger partial charge in [-0.25, -0.2) is 0 Å². The molecular formula is C19H15ClN4O4S. The predicted octanol–water partition coefficient (Wildman–Crippen LogP) is 4.37. The number of aryl methyl sites for hydroxylation is 1. The van der Waals surface area contributed by atoms with Crippen LogP contribution in [0, 0.1) is 10.1 Å². The molecule has 0 fully saturated rings. The van der Waals surface area contributed by atoms with Crippen LogP contribution in [0.4, 0.5) is 11.4 Å². The van der Waals surface area contributed by atoms with Crippen LogP contribution in [-0.2, 0) is 11.2 Å². The van der Waals surface area contributed by atoms with Crippen LogP contribution >= 0.6 is 23.4 Å². The summed E-state index contributed by atoms with van der Waals surface area (Å²) in [4.78, 5) is 24.9. The molecule has 1 aliphatic heterocycles. The average molecular weight is 431 g/mol. The van der Waals surface area contributed by atoms with Gasteiger partial charge in [-0.2, -0.15) is 0 Å². The Labute approximate surface area is 175 Å². The number of thioether (sulfide) groups is 1. The molecule has 2 aromatic carbocycles. The maximum Gasteiger partial charge on any atom is 0.277 e. The number of hydrogen-bond acceptors (Lipinski definition) is 7. The van der Waals surface area contributed by atoms with Crippen LogP contribution < -0.4 is 4.90 Å². The highest BCUT2D eigenvalue weighted by atomic mass is 35.5. The Balaban J connectivity index is 1.44. The summed E-state index contributed by atoms with van der Waals surface area (Å²) in [5.74, 6) is 0.332. The number of amides is 1. The molecule has 0 saturated carbocycles. The third kappa shape index (κ3) is 4.25. The van der Waals surface area contributed by atoms with Gasteiger partial charge in [-0.3, -0.25) is 14.9 Å². The number of rotatable bonds is 5. The number of halogens is 1. The molecule has 3 aromatic rings. The molecule has 0 aliphatic carbocycles. The summed E-state index contributed by atoms with van der Waals surface area (Å²) in [7, 11) is 0. The second-order valence-electron chi connectivity index (χ2n) is 6.39. The average Bonchev–Trinajstić information content (AvgIpc) is 3.20. The van der Waals surface area contributed by atoms with Crippen molar-refractivity contribution in [2.24, 2.45) is 0 Å². The zero-order valence-corrected chi connectivity index (χ0v) is 16.7. The molecule has 2 heterocycles. The summed E-state index contributed by atoms with van der Waals surface area (Å²) in [6, 6.07) is 11.7. The summed E-state index contributed by atoms with van der Waals surface area (Å²) >= 11 is 7.13. The van der Waals surface area contributed by atoms with E-state index in [-0.39, 0.29) is 22.6 Å². The molecular weight excluding hydrogens is 416 g/mol. The molecule has 1 amide bonds. The fourth-order valence-corrected chi connectivity index (χ4v) is 3.99. The lowest BCUT2D eigenvalue weighted by Crippen LogP contribution is -2.36. The second-order valence-corrected chi connectivity index (χ2v) is 7.75. The van der Waals surface area contributed by atoms with Crippen molar-refractivity contribution < 1.29 is 14.1 Å². The quantitative estimate of drug-likeness (QED) is 0.336. The minimum Gasteiger partial charge on any atom is -0.411 e. The van der Waals surface area contributed by atoms with Gasteiger partial charge in [-0.05, 0) is 42.7 Å². The molecule has 4 rings (SSSR count). The van der Waals surface area contributed by atoms with E-state index in [4.69, 9.17) is 16.0 Å². The van der Waals surface area contributed by atoms with Crippen molar-refractivity contribution in [1.82, 2.24) is 10.2 Å². The molecule has 0 atom stereocenters. The first-order valence-electron chi connectivity index (χ1n) is 8.81. The lowest BCUT2D eigenvalue weighted by Gasteiger charge is -2.29. The highest BCUT2D eigenvalue weighted by Gasteiger charge is 2.25. The number of hydrogen-bond donors (Lipinski definition) is 0. The van der Waals surface area contributed by atoms with Crippen molar-refractivity contribution in [1.29, 1.82) is 0 Å². The van der Waals surface area contributed by atoms with Gasteiger partial charge >= 0.3 is 0 Å². The largest absolute Gasteiger partial charge is 0.411 e. The molecule has 148 valence electrons. The topological polar surface area (TPSA) is 102 Å². The number of nitro benzene ring substituents is 1. The van der Waals surface area contributed by atoms with Crippen molar-refractivity contribution in [3.05, 3.63) is 63.2 Å². The number of benzene rings is 2. The van der Waals surface area contributed by atoms with Crippen molar-refractivity contribution in [2.75, 3.05) is 17.2 Å². The third-order valence-corrected chi connectivity index (χ3v) is 5.53. The van der Waals surface area contributed by atoms with Gasteiger partial charge in [-0.15, -0.1) is 10.2 Å². The summed E-state index contributed by atoms with van der Waals surface area (Å²) in [5, 5.41) is 19.8. The van der Waals surface area contributed by atoms with Gasteiger partial charge in [0.15, 0.2) is 0 Å². The van der Waals surface area contributed by atoms with Gasteiger partial charge in [0.2, 0.25) is 11.8 Å². The number of anilines is 1. The van der Waals surface area contributed by atoms with Gasteiger partial charge in [0, 0.05) is 35.0 Å². The molecule has 10 heteroatoms. The number of nitrogens with zero attached hydrogens (tertiary/aromatic N) is 4. The SMILES string of the molecule is O=C(CSc1nnc(-c2cccc(Cl)c2)o1)N1CCCc2cc([N+](=O)[O-])ccc21. The Morgan fingerprint density at radius 1 is 1.28 bits per heavy atom. The molecule has 0 bridgehead atoms. The fraction of sp³-hybridized carbons (Fsp3) is 0.211. The van der Waals surface area contributed by atoms with E-state index in [1.807, 2.05) is 6.07 Å². The van der Waals surface area contributed by atoms with Crippen molar-refractivity contribution in [3.63, 3.8) is 0 Å². The molecule has 0 unspecified atom stereocenters. The van der Waals surface area contributed by atoms with E-state index in [0.29, 0.717) is 29.4 Å². The van der Waals surface area contributed by atoms with Gasteiger partial charge in [-0.1, -0.05) is 29.4 Å². The van der Waals surface area contributed by atoms with Crippen molar-refractivity contribution >= 4 is 40.6 Å². The van der Waals surface area contributed by atoms with Crippen LogP contribution in [0.1, 0.15) is 12.0 Å². The van der Waals surface area contributed by atoms with Crippen LogP contribution in [0.25, 0.3) is 11.5 Å².